The molecule has 3 N–H and O–H groups in total. The third-order valence-electron chi connectivity index (χ3n) is 1.09. The quantitative estimate of drug-likeness (QED) is 0.265. The lowest BCUT2D eigenvalue weighted by Gasteiger charge is -1.95. The van der Waals surface area contributed by atoms with Gasteiger partial charge in [0, 0.05) is 12.3 Å². The van der Waals surface area contributed by atoms with Gasteiger partial charge in [-0.25, -0.2) is 4.39 Å². The average Bonchev–Trinajstić information content (AvgIpc) is 2.03. The Kier molecular flexibility index (Phi) is 2.00. The van der Waals surface area contributed by atoms with Gasteiger partial charge in [-0.3, -0.25) is 4.98 Å². The van der Waals surface area contributed by atoms with Crippen molar-refractivity contribution < 1.29 is 9.60 Å². The summed E-state index contributed by atoms with van der Waals surface area (Å²) in [4.78, 5) is 3.65. The zero-order valence-electron chi connectivity index (χ0n) is 5.53. The van der Waals surface area contributed by atoms with Gasteiger partial charge >= 0.3 is 0 Å². The summed E-state index contributed by atoms with van der Waals surface area (Å²) in [6, 6.07) is 2.25. The minimum atomic E-state index is -0.471. The van der Waals surface area contributed by atoms with Crippen LogP contribution in [0.1, 0.15) is 5.69 Å². The summed E-state index contributed by atoms with van der Waals surface area (Å²) in [6.07, 6.45) is 1.24. The van der Waals surface area contributed by atoms with Crippen LogP contribution in [-0.4, -0.2) is 16.0 Å². The van der Waals surface area contributed by atoms with Crippen molar-refractivity contribution in [1.82, 2.24) is 4.98 Å². The molecular weight excluding hydrogens is 149 g/mol. The van der Waals surface area contributed by atoms with Crippen molar-refractivity contribution in [2.75, 3.05) is 0 Å². The van der Waals surface area contributed by atoms with Crippen molar-refractivity contribution in [3.8, 4) is 0 Å². The second-order valence-corrected chi connectivity index (χ2v) is 1.84. The first-order valence-electron chi connectivity index (χ1n) is 2.83. The molecule has 0 saturated heterocycles. The molecule has 0 saturated carbocycles. The Morgan fingerprint density at radius 1 is 1.73 bits per heavy atom. The highest BCUT2D eigenvalue weighted by atomic mass is 19.1. The lowest BCUT2D eigenvalue weighted by Crippen LogP contribution is -2.14. The Morgan fingerprint density at radius 3 is 3.00 bits per heavy atom. The molecule has 0 aromatic carbocycles. The van der Waals surface area contributed by atoms with E-state index >= 15 is 0 Å². The molecule has 0 aliphatic heterocycles. The van der Waals surface area contributed by atoms with Crippen LogP contribution in [0, 0.1) is 5.82 Å². The maximum absolute atomic E-state index is 12.4. The van der Waals surface area contributed by atoms with Crippen LogP contribution in [0.5, 0.6) is 0 Å². The number of hydrogen-bond donors (Lipinski definition) is 2. The van der Waals surface area contributed by atoms with Crippen LogP contribution >= 0.6 is 0 Å². The highest BCUT2D eigenvalue weighted by molar-refractivity contribution is 5.95. The molecule has 1 aromatic rings. The topological polar surface area (TPSA) is 71.5 Å². The van der Waals surface area contributed by atoms with Crippen molar-refractivity contribution in [3.05, 3.63) is 29.8 Å². The fourth-order valence-corrected chi connectivity index (χ4v) is 0.596. The van der Waals surface area contributed by atoms with Crippen LogP contribution in [0.15, 0.2) is 23.5 Å². The molecule has 0 bridgehead atoms. The Hall–Kier alpha value is -1.65. The van der Waals surface area contributed by atoms with E-state index in [1.165, 1.54) is 12.3 Å². The molecule has 0 aliphatic rings. The van der Waals surface area contributed by atoms with Crippen LogP contribution in [-0.2, 0) is 0 Å². The van der Waals surface area contributed by atoms with Gasteiger partial charge < -0.3 is 10.9 Å². The fraction of sp³-hybridized carbons (Fsp3) is 0. The number of pyridine rings is 1. The molecule has 0 unspecified atom stereocenters. The summed E-state index contributed by atoms with van der Waals surface area (Å²) < 4.78 is 12.4. The van der Waals surface area contributed by atoms with Crippen LogP contribution in [0.4, 0.5) is 4.39 Å². The highest BCUT2D eigenvalue weighted by Gasteiger charge is 2.00. The average molecular weight is 155 g/mol. The first kappa shape index (κ1) is 7.46. The molecule has 1 aromatic heterocycles. The molecule has 0 radical (unpaired) electrons. The van der Waals surface area contributed by atoms with Gasteiger partial charge in [-0.2, -0.15) is 0 Å². The van der Waals surface area contributed by atoms with Gasteiger partial charge in [-0.05, 0) is 6.07 Å². The summed E-state index contributed by atoms with van der Waals surface area (Å²) in [6.45, 7) is 0. The van der Waals surface area contributed by atoms with E-state index < -0.39 is 5.82 Å². The molecule has 0 aliphatic carbocycles. The molecule has 4 nitrogen and oxygen atoms in total. The van der Waals surface area contributed by atoms with Gasteiger partial charge in [0.2, 0.25) is 0 Å². The minimum absolute atomic E-state index is 0.118. The maximum Gasteiger partial charge on any atom is 0.188 e. The normalized spacial score (nSPS) is 11.5. The molecule has 5 heteroatoms. The highest BCUT2D eigenvalue weighted by Crippen LogP contribution is 1.98. The number of nitrogens with two attached hydrogens (primary N) is 1. The number of nitrogens with zero attached hydrogens (tertiary/aromatic N) is 2. The Balaban J connectivity index is 3.06. The van der Waals surface area contributed by atoms with Crippen LogP contribution in [0.25, 0.3) is 0 Å². The standard InChI is InChI=1S/C6H6FN3O/c7-4-1-2-9-5(3-4)6(8)10-11/h1-3,11H,(H2,8,10). The second kappa shape index (κ2) is 2.96. The lowest BCUT2D eigenvalue weighted by atomic mass is 10.3. The van der Waals surface area contributed by atoms with Crippen LogP contribution < -0.4 is 5.73 Å². The zero-order chi connectivity index (χ0) is 8.27. The van der Waals surface area contributed by atoms with Crippen molar-refractivity contribution in [2.45, 2.75) is 0 Å². The third-order valence-corrected chi connectivity index (χ3v) is 1.09. The molecular formula is C6H6FN3O. The number of aromatic nitrogens is 1. The van der Waals surface area contributed by atoms with Gasteiger partial charge in [0.05, 0.1) is 0 Å². The van der Waals surface area contributed by atoms with Crippen molar-refractivity contribution in [1.29, 1.82) is 0 Å². The third kappa shape index (κ3) is 1.64. The Morgan fingerprint density at radius 2 is 2.45 bits per heavy atom. The van der Waals surface area contributed by atoms with Crippen LogP contribution in [0.2, 0.25) is 0 Å². The summed E-state index contributed by atoms with van der Waals surface area (Å²) >= 11 is 0. The van der Waals surface area contributed by atoms with E-state index in [-0.39, 0.29) is 11.5 Å². The van der Waals surface area contributed by atoms with Gasteiger partial charge in [0.1, 0.15) is 11.5 Å². The van der Waals surface area contributed by atoms with E-state index in [9.17, 15) is 4.39 Å². The van der Waals surface area contributed by atoms with Gasteiger partial charge in [-0.1, -0.05) is 5.16 Å². The molecule has 1 heterocycles. The van der Waals surface area contributed by atoms with E-state index in [0.29, 0.717) is 0 Å². The SMILES string of the molecule is NC(=NO)c1cc(F)ccn1. The van der Waals surface area contributed by atoms with Crippen molar-refractivity contribution >= 4 is 5.84 Å². The Labute approximate surface area is 62.2 Å². The summed E-state index contributed by atoms with van der Waals surface area (Å²) in [7, 11) is 0. The monoisotopic (exact) mass is 155 g/mol. The smallest absolute Gasteiger partial charge is 0.188 e. The number of halogens is 1. The largest absolute Gasteiger partial charge is 0.409 e. The molecule has 11 heavy (non-hydrogen) atoms. The first-order chi connectivity index (χ1) is 5.24. The first-order valence-corrected chi connectivity index (χ1v) is 2.83. The molecule has 0 fully saturated rings. The van der Waals surface area contributed by atoms with Gasteiger partial charge in [0.15, 0.2) is 5.84 Å². The van der Waals surface area contributed by atoms with Crippen molar-refractivity contribution in [3.63, 3.8) is 0 Å². The zero-order valence-corrected chi connectivity index (χ0v) is 5.53. The number of rotatable bonds is 1. The van der Waals surface area contributed by atoms with E-state index in [1.54, 1.807) is 0 Å². The molecule has 0 atom stereocenters. The summed E-state index contributed by atoms with van der Waals surface area (Å²) in [5, 5.41) is 10.8. The predicted molar refractivity (Wildman–Crippen MR) is 36.7 cm³/mol. The van der Waals surface area contributed by atoms with E-state index in [0.717, 1.165) is 6.07 Å². The maximum atomic E-state index is 12.4. The van der Waals surface area contributed by atoms with Crippen LogP contribution in [0.3, 0.4) is 0 Å². The predicted octanol–water partition coefficient (Wildman–Crippen LogP) is 0.315. The lowest BCUT2D eigenvalue weighted by molar-refractivity contribution is 0.318. The number of amidine groups is 1. The summed E-state index contributed by atoms with van der Waals surface area (Å²) in [5.74, 6) is -0.675. The Bertz CT molecular complexity index is 287. The number of oxime groups is 1. The van der Waals surface area contributed by atoms with Gasteiger partial charge in [-0.15, -0.1) is 0 Å². The number of hydrogen-bond acceptors (Lipinski definition) is 3. The van der Waals surface area contributed by atoms with E-state index in [2.05, 4.69) is 10.1 Å². The molecule has 1 rings (SSSR count). The van der Waals surface area contributed by atoms with E-state index in [4.69, 9.17) is 10.9 Å². The second-order valence-electron chi connectivity index (χ2n) is 1.84. The van der Waals surface area contributed by atoms with Crippen molar-refractivity contribution in [2.24, 2.45) is 10.9 Å². The summed E-state index contributed by atoms with van der Waals surface area (Å²) in [5.41, 5.74) is 5.25. The van der Waals surface area contributed by atoms with Gasteiger partial charge in [0.25, 0.3) is 0 Å². The fourth-order valence-electron chi connectivity index (χ4n) is 0.596. The minimum Gasteiger partial charge on any atom is -0.409 e. The van der Waals surface area contributed by atoms with E-state index in [1.807, 2.05) is 0 Å². The molecule has 0 spiro atoms. The molecule has 0 amide bonds. The molecule has 58 valence electrons.